The molecule has 0 fully saturated rings. The quantitative estimate of drug-likeness (QED) is 0.441. The zero-order valence-electron chi connectivity index (χ0n) is 7.08. The van der Waals surface area contributed by atoms with Crippen molar-refractivity contribution in [3.05, 3.63) is 0 Å². The minimum atomic E-state index is -2.63. The van der Waals surface area contributed by atoms with Crippen LogP contribution in [0.1, 0.15) is 13.8 Å². The molecule has 5 heteroatoms. The van der Waals surface area contributed by atoms with Gasteiger partial charge in [0.25, 0.3) is 5.60 Å². The number of hydrogen-bond acceptors (Lipinski definition) is 5. The van der Waals surface area contributed by atoms with E-state index in [1.807, 2.05) is 0 Å². The number of methoxy groups -OCH3 is 1. The molecule has 0 radical (unpaired) electrons. The number of esters is 1. The highest BCUT2D eigenvalue weighted by Crippen LogP contribution is 2.09. The van der Waals surface area contributed by atoms with E-state index in [1.165, 1.54) is 0 Å². The zero-order valence-corrected chi connectivity index (χ0v) is 7.08. The first-order chi connectivity index (χ1) is 5.37. The van der Waals surface area contributed by atoms with Crippen molar-refractivity contribution in [2.75, 3.05) is 7.11 Å². The summed E-state index contributed by atoms with van der Waals surface area (Å²) in [6.07, 6.45) is 0. The van der Waals surface area contributed by atoms with E-state index in [0.29, 0.717) is 0 Å². The number of aliphatic hydroxyl groups is 1. The summed E-state index contributed by atoms with van der Waals surface area (Å²) in [6, 6.07) is 0. The number of hydrogen-bond donors (Lipinski definition) is 1. The fourth-order valence-corrected chi connectivity index (χ4v) is 0.683. The van der Waals surface area contributed by atoms with Gasteiger partial charge in [-0.1, -0.05) is 0 Å². The third kappa shape index (κ3) is 1.50. The molecule has 68 valence electrons. The zero-order chi connectivity index (χ0) is 9.94. The molecule has 0 bridgehead atoms. The number of rotatable bonds is 3. The number of carbonyl (C=O) groups excluding carboxylic acids is 3. The Morgan fingerprint density at radius 3 is 1.58 bits per heavy atom. The van der Waals surface area contributed by atoms with Crippen molar-refractivity contribution in [1.29, 1.82) is 0 Å². The Labute approximate surface area is 69.3 Å². The molecule has 0 aliphatic rings. The molecule has 0 heterocycles. The largest absolute Gasteiger partial charge is 0.466 e. The summed E-state index contributed by atoms with van der Waals surface area (Å²) in [5.41, 5.74) is -2.63. The summed E-state index contributed by atoms with van der Waals surface area (Å²) in [7, 11) is 0.985. The van der Waals surface area contributed by atoms with Crippen molar-refractivity contribution in [3.63, 3.8) is 0 Å². The van der Waals surface area contributed by atoms with Gasteiger partial charge in [0.2, 0.25) is 0 Å². The average Bonchev–Trinajstić information content (AvgIpc) is 2.00. The van der Waals surface area contributed by atoms with Gasteiger partial charge in [-0.2, -0.15) is 0 Å². The summed E-state index contributed by atoms with van der Waals surface area (Å²) in [6.45, 7) is 1.89. The highest BCUT2D eigenvalue weighted by Gasteiger charge is 2.47. The Morgan fingerprint density at radius 1 is 1.17 bits per heavy atom. The SMILES string of the molecule is COC(=O)C(O)(C(C)=O)C(C)=O. The van der Waals surface area contributed by atoms with Gasteiger partial charge in [0, 0.05) is 0 Å². The van der Waals surface area contributed by atoms with Crippen LogP contribution in [0.5, 0.6) is 0 Å². The molecule has 0 aromatic rings. The minimum Gasteiger partial charge on any atom is -0.466 e. The lowest BCUT2D eigenvalue weighted by Gasteiger charge is -2.17. The molecule has 0 aromatic heterocycles. The van der Waals surface area contributed by atoms with Crippen molar-refractivity contribution in [2.24, 2.45) is 0 Å². The van der Waals surface area contributed by atoms with E-state index in [1.54, 1.807) is 0 Å². The van der Waals surface area contributed by atoms with Crippen molar-refractivity contribution in [1.82, 2.24) is 0 Å². The van der Waals surface area contributed by atoms with Gasteiger partial charge in [0.05, 0.1) is 7.11 Å². The lowest BCUT2D eigenvalue weighted by molar-refractivity contribution is -0.171. The van der Waals surface area contributed by atoms with Crippen molar-refractivity contribution in [2.45, 2.75) is 19.4 Å². The van der Waals surface area contributed by atoms with Gasteiger partial charge in [-0.3, -0.25) is 9.59 Å². The van der Waals surface area contributed by atoms with Gasteiger partial charge in [-0.25, -0.2) is 4.79 Å². The molecule has 12 heavy (non-hydrogen) atoms. The van der Waals surface area contributed by atoms with Crippen LogP contribution in [0.4, 0.5) is 0 Å². The summed E-state index contributed by atoms with van der Waals surface area (Å²) in [5.74, 6) is -3.13. The lowest BCUT2D eigenvalue weighted by Crippen LogP contribution is -2.52. The minimum absolute atomic E-state index is 0.943. The van der Waals surface area contributed by atoms with E-state index in [0.717, 1.165) is 21.0 Å². The predicted molar refractivity (Wildman–Crippen MR) is 38.3 cm³/mol. The number of carbonyl (C=O) groups is 3. The number of ether oxygens (including phenoxy) is 1. The van der Waals surface area contributed by atoms with Crippen molar-refractivity contribution in [3.8, 4) is 0 Å². The van der Waals surface area contributed by atoms with Gasteiger partial charge < -0.3 is 9.84 Å². The van der Waals surface area contributed by atoms with E-state index in [9.17, 15) is 19.5 Å². The Balaban J connectivity index is 5.01. The second kappa shape index (κ2) is 3.44. The molecule has 0 aliphatic heterocycles. The van der Waals surface area contributed by atoms with Gasteiger partial charge in [0.1, 0.15) is 0 Å². The second-order valence-electron chi connectivity index (χ2n) is 2.31. The summed E-state index contributed by atoms with van der Waals surface area (Å²) in [5, 5.41) is 9.26. The lowest BCUT2D eigenvalue weighted by atomic mass is 9.95. The van der Waals surface area contributed by atoms with Crippen LogP contribution in [0.3, 0.4) is 0 Å². The normalized spacial score (nSPS) is 10.7. The standard InChI is InChI=1S/C7H10O5/c1-4(8)7(11,5(2)9)6(10)12-3/h11H,1-3H3. The van der Waals surface area contributed by atoms with E-state index >= 15 is 0 Å². The van der Waals surface area contributed by atoms with Crippen LogP contribution in [-0.2, 0) is 19.1 Å². The van der Waals surface area contributed by atoms with E-state index in [2.05, 4.69) is 4.74 Å². The third-order valence-corrected chi connectivity index (χ3v) is 1.50. The summed E-state index contributed by atoms with van der Waals surface area (Å²) >= 11 is 0. The molecular formula is C7H10O5. The van der Waals surface area contributed by atoms with Crippen LogP contribution in [0.2, 0.25) is 0 Å². The third-order valence-electron chi connectivity index (χ3n) is 1.50. The molecule has 0 saturated heterocycles. The van der Waals surface area contributed by atoms with Crippen molar-refractivity contribution < 1.29 is 24.2 Å². The fourth-order valence-electron chi connectivity index (χ4n) is 0.683. The van der Waals surface area contributed by atoms with Crippen LogP contribution in [0, 0.1) is 0 Å². The van der Waals surface area contributed by atoms with Crippen LogP contribution >= 0.6 is 0 Å². The first-order valence-corrected chi connectivity index (χ1v) is 3.20. The second-order valence-corrected chi connectivity index (χ2v) is 2.31. The van der Waals surface area contributed by atoms with Crippen LogP contribution in [0.15, 0.2) is 0 Å². The molecule has 0 unspecified atom stereocenters. The molecule has 0 atom stereocenters. The molecule has 5 nitrogen and oxygen atoms in total. The van der Waals surface area contributed by atoms with Gasteiger partial charge >= 0.3 is 5.97 Å². The van der Waals surface area contributed by atoms with Crippen LogP contribution in [0.25, 0.3) is 0 Å². The Hall–Kier alpha value is -1.23. The maximum absolute atomic E-state index is 10.8. The number of ketones is 2. The first kappa shape index (κ1) is 10.8. The van der Waals surface area contributed by atoms with E-state index < -0.39 is 23.1 Å². The maximum atomic E-state index is 10.8. The molecule has 0 saturated carbocycles. The Bertz CT molecular complexity index is 216. The summed E-state index contributed by atoms with van der Waals surface area (Å²) < 4.78 is 4.11. The monoisotopic (exact) mass is 174 g/mol. The Morgan fingerprint density at radius 2 is 1.50 bits per heavy atom. The molecule has 0 aliphatic carbocycles. The van der Waals surface area contributed by atoms with E-state index in [-0.39, 0.29) is 0 Å². The van der Waals surface area contributed by atoms with Crippen LogP contribution in [-0.4, -0.2) is 35.4 Å². The maximum Gasteiger partial charge on any atom is 0.353 e. The Kier molecular flexibility index (Phi) is 3.09. The van der Waals surface area contributed by atoms with Gasteiger partial charge in [-0.15, -0.1) is 0 Å². The molecule has 1 N–H and O–H groups in total. The number of Topliss-reactive ketones (excluding diaryl/α,β-unsaturated/α-hetero) is 2. The first-order valence-electron chi connectivity index (χ1n) is 3.20. The van der Waals surface area contributed by atoms with E-state index in [4.69, 9.17) is 0 Å². The van der Waals surface area contributed by atoms with Gasteiger partial charge in [-0.05, 0) is 13.8 Å². The van der Waals surface area contributed by atoms with Gasteiger partial charge in [0.15, 0.2) is 11.6 Å². The molecule has 0 spiro atoms. The fraction of sp³-hybridized carbons (Fsp3) is 0.571. The predicted octanol–water partition coefficient (Wildman–Crippen LogP) is -0.931. The highest BCUT2D eigenvalue weighted by molar-refractivity contribution is 6.24. The topological polar surface area (TPSA) is 80.7 Å². The molecular weight excluding hydrogens is 164 g/mol. The molecule has 0 amide bonds. The molecule has 0 aromatic carbocycles. The highest BCUT2D eigenvalue weighted by atomic mass is 16.5. The summed E-state index contributed by atoms with van der Waals surface area (Å²) in [4.78, 5) is 32.3. The smallest absolute Gasteiger partial charge is 0.353 e. The average molecular weight is 174 g/mol. The van der Waals surface area contributed by atoms with Crippen LogP contribution < -0.4 is 0 Å². The van der Waals surface area contributed by atoms with Crippen molar-refractivity contribution >= 4 is 17.5 Å². The molecule has 0 rings (SSSR count).